The highest BCUT2D eigenvalue weighted by molar-refractivity contribution is 7.98. The summed E-state index contributed by atoms with van der Waals surface area (Å²) in [7, 11) is 0. The van der Waals surface area contributed by atoms with Crippen LogP contribution in [0.2, 0.25) is 0 Å². The Hall–Kier alpha value is -1.45. The second kappa shape index (κ2) is 5.90. The van der Waals surface area contributed by atoms with E-state index in [1.807, 2.05) is 54.8 Å². The molecule has 2 nitrogen and oxygen atoms in total. The molecule has 1 aliphatic carbocycles. The van der Waals surface area contributed by atoms with Crippen molar-refractivity contribution in [3.63, 3.8) is 0 Å². The van der Waals surface area contributed by atoms with E-state index in [9.17, 15) is 5.11 Å². The lowest BCUT2D eigenvalue weighted by atomic mass is 10.0. The molecule has 1 unspecified atom stereocenters. The van der Waals surface area contributed by atoms with Gasteiger partial charge in [-0.1, -0.05) is 30.3 Å². The van der Waals surface area contributed by atoms with Gasteiger partial charge in [0.25, 0.3) is 0 Å². The van der Waals surface area contributed by atoms with Gasteiger partial charge in [0, 0.05) is 4.90 Å². The molecule has 0 saturated heterocycles. The maximum atomic E-state index is 10.6. The summed E-state index contributed by atoms with van der Waals surface area (Å²) in [5.41, 5.74) is 1.83. The van der Waals surface area contributed by atoms with Gasteiger partial charge in [0.1, 0.15) is 11.9 Å². The second-order valence-electron chi connectivity index (χ2n) is 5.03. The Morgan fingerprint density at radius 1 is 1.15 bits per heavy atom. The van der Waals surface area contributed by atoms with E-state index < -0.39 is 6.10 Å². The summed E-state index contributed by atoms with van der Waals surface area (Å²) in [4.78, 5) is 1.11. The van der Waals surface area contributed by atoms with E-state index in [2.05, 4.69) is 0 Å². The lowest BCUT2D eigenvalue weighted by Gasteiger charge is -2.16. The van der Waals surface area contributed by atoms with Crippen molar-refractivity contribution in [1.82, 2.24) is 0 Å². The molecule has 0 aliphatic heterocycles. The van der Waals surface area contributed by atoms with Crippen LogP contribution in [0.5, 0.6) is 5.75 Å². The number of ether oxygens (including phenoxy) is 1. The first kappa shape index (κ1) is 13.5. The third kappa shape index (κ3) is 3.00. The maximum Gasteiger partial charge on any atom is 0.120 e. The minimum atomic E-state index is -0.610. The number of aliphatic hydroxyl groups is 1. The maximum absolute atomic E-state index is 10.6. The Balaban J connectivity index is 1.87. The first-order valence-corrected chi connectivity index (χ1v) is 8.08. The number of aliphatic hydroxyl groups excluding tert-OH is 1. The highest BCUT2D eigenvalue weighted by atomic mass is 32.2. The molecule has 0 bridgehead atoms. The Bertz CT molecular complexity index is 593. The zero-order valence-electron chi connectivity index (χ0n) is 11.5. The van der Waals surface area contributed by atoms with Crippen molar-refractivity contribution in [2.45, 2.75) is 29.9 Å². The summed E-state index contributed by atoms with van der Waals surface area (Å²) in [5, 5.41) is 10.6. The highest BCUT2D eigenvalue weighted by Crippen LogP contribution is 2.33. The topological polar surface area (TPSA) is 29.5 Å². The van der Waals surface area contributed by atoms with Crippen LogP contribution in [-0.2, 0) is 0 Å². The van der Waals surface area contributed by atoms with Crippen LogP contribution in [0.25, 0.3) is 0 Å². The summed E-state index contributed by atoms with van der Waals surface area (Å²) >= 11 is 1.65. The third-order valence-corrected chi connectivity index (χ3v) is 4.25. The quantitative estimate of drug-likeness (QED) is 0.841. The van der Waals surface area contributed by atoms with Crippen molar-refractivity contribution in [2.75, 3.05) is 6.26 Å². The fraction of sp³-hybridized carbons (Fsp3) is 0.294. The van der Waals surface area contributed by atoms with Crippen molar-refractivity contribution in [3.8, 4) is 5.75 Å². The molecular formula is C17H18O2S. The van der Waals surface area contributed by atoms with Gasteiger partial charge in [-0.3, -0.25) is 0 Å². The number of benzene rings is 2. The average molecular weight is 286 g/mol. The van der Waals surface area contributed by atoms with Crippen molar-refractivity contribution in [1.29, 1.82) is 0 Å². The predicted molar refractivity (Wildman–Crippen MR) is 82.4 cm³/mol. The standard InChI is InChI=1S/C17H18O2S/c1-20-16-8-3-2-7-15(16)17(18)12-5-4-6-14(11-12)19-13-9-10-13/h2-8,11,13,17-18H,9-10H2,1H3. The first-order valence-electron chi connectivity index (χ1n) is 6.85. The molecule has 2 aromatic carbocycles. The lowest BCUT2D eigenvalue weighted by Crippen LogP contribution is -2.02. The van der Waals surface area contributed by atoms with Gasteiger partial charge in [-0.25, -0.2) is 0 Å². The first-order chi connectivity index (χ1) is 9.78. The zero-order valence-corrected chi connectivity index (χ0v) is 12.3. The van der Waals surface area contributed by atoms with E-state index in [0.29, 0.717) is 6.10 Å². The Kier molecular flexibility index (Phi) is 3.99. The lowest BCUT2D eigenvalue weighted by molar-refractivity contribution is 0.216. The number of hydrogen-bond acceptors (Lipinski definition) is 3. The van der Waals surface area contributed by atoms with Crippen LogP contribution < -0.4 is 4.74 Å². The molecule has 20 heavy (non-hydrogen) atoms. The highest BCUT2D eigenvalue weighted by Gasteiger charge is 2.24. The monoisotopic (exact) mass is 286 g/mol. The van der Waals surface area contributed by atoms with Gasteiger partial charge in [0.05, 0.1) is 6.10 Å². The van der Waals surface area contributed by atoms with Gasteiger partial charge >= 0.3 is 0 Å². The molecule has 0 heterocycles. The van der Waals surface area contributed by atoms with Crippen LogP contribution in [0.15, 0.2) is 53.4 Å². The van der Waals surface area contributed by atoms with Crippen molar-refractivity contribution in [3.05, 3.63) is 59.7 Å². The fourth-order valence-corrected chi connectivity index (χ4v) is 2.84. The van der Waals surface area contributed by atoms with Gasteiger partial charge in [-0.15, -0.1) is 11.8 Å². The zero-order chi connectivity index (χ0) is 13.9. The third-order valence-electron chi connectivity index (χ3n) is 3.43. The van der Waals surface area contributed by atoms with Crippen LogP contribution in [0.3, 0.4) is 0 Å². The predicted octanol–water partition coefficient (Wildman–Crippen LogP) is 4.03. The van der Waals surface area contributed by atoms with E-state index in [1.165, 1.54) is 0 Å². The van der Waals surface area contributed by atoms with Crippen molar-refractivity contribution >= 4 is 11.8 Å². The van der Waals surface area contributed by atoms with Crippen LogP contribution in [0, 0.1) is 0 Å². The SMILES string of the molecule is CSc1ccccc1C(O)c1cccc(OC2CC2)c1. The molecule has 1 saturated carbocycles. The van der Waals surface area contributed by atoms with Crippen molar-refractivity contribution in [2.24, 2.45) is 0 Å². The molecule has 1 N–H and O–H groups in total. The van der Waals surface area contributed by atoms with Gasteiger partial charge in [0.2, 0.25) is 0 Å². The molecule has 0 amide bonds. The molecule has 1 aliphatic rings. The van der Waals surface area contributed by atoms with E-state index >= 15 is 0 Å². The Morgan fingerprint density at radius 3 is 2.70 bits per heavy atom. The summed E-state index contributed by atoms with van der Waals surface area (Å²) < 4.78 is 5.79. The van der Waals surface area contributed by atoms with Crippen LogP contribution in [0.4, 0.5) is 0 Å². The summed E-state index contributed by atoms with van der Waals surface area (Å²) in [6, 6.07) is 15.8. The largest absolute Gasteiger partial charge is 0.490 e. The molecule has 1 atom stereocenters. The van der Waals surface area contributed by atoms with E-state index in [1.54, 1.807) is 11.8 Å². The molecule has 0 spiro atoms. The van der Waals surface area contributed by atoms with Crippen LogP contribution >= 0.6 is 11.8 Å². The normalized spacial score (nSPS) is 15.9. The van der Waals surface area contributed by atoms with Gasteiger partial charge in [0.15, 0.2) is 0 Å². The van der Waals surface area contributed by atoms with E-state index in [-0.39, 0.29) is 0 Å². The van der Waals surface area contributed by atoms with E-state index in [0.717, 1.165) is 34.6 Å². The Morgan fingerprint density at radius 2 is 1.95 bits per heavy atom. The van der Waals surface area contributed by atoms with Crippen LogP contribution in [0.1, 0.15) is 30.1 Å². The van der Waals surface area contributed by atoms with Gasteiger partial charge in [-0.2, -0.15) is 0 Å². The number of thioether (sulfide) groups is 1. The van der Waals surface area contributed by atoms with Gasteiger partial charge < -0.3 is 9.84 Å². The molecule has 3 heteroatoms. The molecule has 0 aromatic heterocycles. The number of rotatable bonds is 5. The molecule has 3 rings (SSSR count). The minimum Gasteiger partial charge on any atom is -0.490 e. The second-order valence-corrected chi connectivity index (χ2v) is 5.88. The summed E-state index contributed by atoms with van der Waals surface area (Å²) in [6.45, 7) is 0. The smallest absolute Gasteiger partial charge is 0.120 e. The minimum absolute atomic E-state index is 0.376. The molecule has 2 aromatic rings. The molecular weight excluding hydrogens is 268 g/mol. The summed E-state index contributed by atoms with van der Waals surface area (Å²) in [5.74, 6) is 0.852. The Labute approximate surface area is 123 Å². The number of hydrogen-bond donors (Lipinski definition) is 1. The average Bonchev–Trinajstić information content (AvgIpc) is 3.30. The molecule has 0 radical (unpaired) electrons. The van der Waals surface area contributed by atoms with Crippen LogP contribution in [-0.4, -0.2) is 17.5 Å². The van der Waals surface area contributed by atoms with Gasteiger partial charge in [-0.05, 0) is 48.4 Å². The van der Waals surface area contributed by atoms with E-state index in [4.69, 9.17) is 4.74 Å². The fourth-order valence-electron chi connectivity index (χ4n) is 2.21. The molecule has 104 valence electrons. The molecule has 1 fully saturated rings. The summed E-state index contributed by atoms with van der Waals surface area (Å²) in [6.07, 6.45) is 4.07. The van der Waals surface area contributed by atoms with Crippen molar-refractivity contribution < 1.29 is 9.84 Å².